The highest BCUT2D eigenvalue weighted by Gasteiger charge is 2.35. The van der Waals surface area contributed by atoms with Gasteiger partial charge in [-0.25, -0.2) is 0 Å². The molecule has 0 N–H and O–H groups in total. The summed E-state index contributed by atoms with van der Waals surface area (Å²) >= 11 is 7.15. The van der Waals surface area contributed by atoms with Gasteiger partial charge in [-0.2, -0.15) is 18.2 Å². The van der Waals surface area contributed by atoms with Crippen molar-refractivity contribution in [2.45, 2.75) is 30.8 Å². The molecule has 1 aromatic heterocycles. The van der Waals surface area contributed by atoms with Crippen molar-refractivity contribution in [3.8, 4) is 22.9 Å². The molecule has 0 bridgehead atoms. The van der Waals surface area contributed by atoms with E-state index in [0.29, 0.717) is 11.7 Å². The van der Waals surface area contributed by atoms with Gasteiger partial charge in [0.05, 0.1) is 10.5 Å². The van der Waals surface area contributed by atoms with Crippen molar-refractivity contribution in [2.24, 2.45) is 5.92 Å². The lowest BCUT2D eigenvalue weighted by molar-refractivity contribution is -0.138. The lowest BCUT2D eigenvalue weighted by Crippen LogP contribution is -2.08. The van der Waals surface area contributed by atoms with Crippen molar-refractivity contribution in [1.82, 2.24) is 10.1 Å². The number of rotatable bonds is 7. The van der Waals surface area contributed by atoms with Gasteiger partial charge in [0.15, 0.2) is 0 Å². The molecule has 0 aliphatic carbocycles. The molecule has 0 aliphatic rings. The van der Waals surface area contributed by atoms with E-state index in [2.05, 4.69) is 24.0 Å². The van der Waals surface area contributed by atoms with Gasteiger partial charge in [-0.15, -0.1) is 23.4 Å². The summed E-state index contributed by atoms with van der Waals surface area (Å²) in [6, 6.07) is 10.7. The maximum absolute atomic E-state index is 13.7. The SMILES string of the molecule is CC(C)CSc1ccccc1Oc1ccc(-c2noc(CCl)n2)cc1C(F)(F)F. The van der Waals surface area contributed by atoms with Gasteiger partial charge in [0.25, 0.3) is 0 Å². The average Bonchev–Trinajstić information content (AvgIpc) is 3.16. The number of thioether (sulfide) groups is 1. The normalized spacial score (nSPS) is 11.8. The summed E-state index contributed by atoms with van der Waals surface area (Å²) < 4.78 is 51.7. The molecule has 9 heteroatoms. The van der Waals surface area contributed by atoms with Gasteiger partial charge in [0.1, 0.15) is 17.4 Å². The van der Waals surface area contributed by atoms with Gasteiger partial charge >= 0.3 is 6.18 Å². The Morgan fingerprint density at radius 1 is 1.14 bits per heavy atom. The van der Waals surface area contributed by atoms with E-state index in [1.807, 2.05) is 12.1 Å². The lowest BCUT2D eigenvalue weighted by Gasteiger charge is -2.16. The zero-order chi connectivity index (χ0) is 21.0. The summed E-state index contributed by atoms with van der Waals surface area (Å²) in [4.78, 5) is 4.75. The monoisotopic (exact) mass is 442 g/mol. The number of benzene rings is 2. The highest BCUT2D eigenvalue weighted by molar-refractivity contribution is 7.99. The second-order valence-corrected chi connectivity index (χ2v) is 7.94. The second kappa shape index (κ2) is 9.09. The highest BCUT2D eigenvalue weighted by atomic mass is 35.5. The Balaban J connectivity index is 1.96. The van der Waals surface area contributed by atoms with Crippen LogP contribution in [0.4, 0.5) is 13.2 Å². The van der Waals surface area contributed by atoms with Crippen molar-refractivity contribution in [1.29, 1.82) is 0 Å². The molecule has 0 aliphatic heterocycles. The number of nitrogens with zero attached hydrogens (tertiary/aromatic N) is 2. The van der Waals surface area contributed by atoms with Crippen LogP contribution >= 0.6 is 23.4 Å². The summed E-state index contributed by atoms with van der Waals surface area (Å²) in [5.41, 5.74) is -0.761. The Hall–Kier alpha value is -2.19. The molecule has 154 valence electrons. The van der Waals surface area contributed by atoms with E-state index in [-0.39, 0.29) is 28.9 Å². The summed E-state index contributed by atoms with van der Waals surface area (Å²) in [5.74, 6) is 1.49. The molecule has 0 atom stereocenters. The molecule has 3 aromatic rings. The average molecular weight is 443 g/mol. The first-order chi connectivity index (χ1) is 13.8. The first-order valence-electron chi connectivity index (χ1n) is 8.77. The third-order valence-corrected chi connectivity index (χ3v) is 5.48. The lowest BCUT2D eigenvalue weighted by atomic mass is 10.1. The predicted octanol–water partition coefficient (Wildman–Crippen LogP) is 7.03. The Labute approximate surface area is 175 Å². The largest absolute Gasteiger partial charge is 0.456 e. The Kier molecular flexibility index (Phi) is 6.74. The summed E-state index contributed by atoms with van der Waals surface area (Å²) in [7, 11) is 0. The third-order valence-electron chi connectivity index (χ3n) is 3.77. The van der Waals surface area contributed by atoms with E-state index in [1.54, 1.807) is 23.9 Å². The van der Waals surface area contributed by atoms with Crippen LogP contribution in [0.15, 0.2) is 51.9 Å². The second-order valence-electron chi connectivity index (χ2n) is 6.61. The van der Waals surface area contributed by atoms with Gasteiger partial charge < -0.3 is 9.26 Å². The Morgan fingerprint density at radius 3 is 2.55 bits per heavy atom. The van der Waals surface area contributed by atoms with Gasteiger partial charge in [0.2, 0.25) is 11.7 Å². The minimum atomic E-state index is -4.62. The standard InChI is InChI=1S/C20H18ClF3N2O2S/c1-12(2)11-29-17-6-4-3-5-16(17)27-15-8-7-13(9-14(15)20(22,23)24)19-25-18(10-21)28-26-19/h3-9,12H,10-11H2,1-2H3. The van der Waals surface area contributed by atoms with Crippen LogP contribution in [0.1, 0.15) is 25.3 Å². The van der Waals surface area contributed by atoms with Crippen LogP contribution in [-0.2, 0) is 12.1 Å². The zero-order valence-corrected chi connectivity index (χ0v) is 17.2. The number of para-hydroxylation sites is 1. The van der Waals surface area contributed by atoms with Gasteiger partial charge in [-0.05, 0) is 36.2 Å². The van der Waals surface area contributed by atoms with Crippen molar-refractivity contribution >= 4 is 23.4 Å². The van der Waals surface area contributed by atoms with Gasteiger partial charge in [0, 0.05) is 11.3 Å². The number of alkyl halides is 4. The van der Waals surface area contributed by atoms with Crippen LogP contribution in [0.3, 0.4) is 0 Å². The molecule has 1 heterocycles. The first kappa shape index (κ1) is 21.5. The zero-order valence-electron chi connectivity index (χ0n) is 15.7. The Morgan fingerprint density at radius 2 is 1.90 bits per heavy atom. The van der Waals surface area contributed by atoms with E-state index in [1.165, 1.54) is 12.1 Å². The number of aromatic nitrogens is 2. The van der Waals surface area contributed by atoms with E-state index >= 15 is 0 Å². The van der Waals surface area contributed by atoms with Crippen molar-refractivity contribution in [2.75, 3.05) is 5.75 Å². The number of hydrogen-bond acceptors (Lipinski definition) is 5. The molecule has 0 fully saturated rings. The molecule has 2 aromatic carbocycles. The fourth-order valence-corrected chi connectivity index (χ4v) is 3.48. The fraction of sp³-hybridized carbons (Fsp3) is 0.300. The highest BCUT2D eigenvalue weighted by Crippen LogP contribution is 2.42. The third kappa shape index (κ3) is 5.45. The van der Waals surface area contributed by atoms with Crippen molar-refractivity contribution in [3.63, 3.8) is 0 Å². The topological polar surface area (TPSA) is 48.2 Å². The fourth-order valence-electron chi connectivity index (χ4n) is 2.43. The van der Waals surface area contributed by atoms with Crippen molar-refractivity contribution < 1.29 is 22.4 Å². The number of ether oxygens (including phenoxy) is 1. The molecule has 0 radical (unpaired) electrons. The van der Waals surface area contributed by atoms with Crippen LogP contribution < -0.4 is 4.74 Å². The van der Waals surface area contributed by atoms with Crippen molar-refractivity contribution in [3.05, 3.63) is 53.9 Å². The van der Waals surface area contributed by atoms with Crippen LogP contribution in [0, 0.1) is 5.92 Å². The van der Waals surface area contributed by atoms with Gasteiger partial charge in [-0.1, -0.05) is 31.1 Å². The van der Waals surface area contributed by atoms with E-state index in [0.717, 1.165) is 16.7 Å². The summed E-state index contributed by atoms with van der Waals surface area (Å²) in [5, 5.41) is 3.67. The quantitative estimate of drug-likeness (QED) is 0.290. The van der Waals surface area contributed by atoms with E-state index < -0.39 is 11.7 Å². The molecule has 0 saturated heterocycles. The summed E-state index contributed by atoms with van der Waals surface area (Å²) in [6.07, 6.45) is -4.62. The number of halogens is 4. The first-order valence-corrected chi connectivity index (χ1v) is 10.3. The molecule has 0 saturated carbocycles. The predicted molar refractivity (Wildman–Crippen MR) is 106 cm³/mol. The minimum absolute atomic E-state index is 0.0227. The molecule has 0 spiro atoms. The maximum atomic E-state index is 13.7. The molecule has 3 rings (SSSR count). The molecular formula is C20H18ClF3N2O2S. The molecule has 0 amide bonds. The van der Waals surface area contributed by atoms with E-state index in [4.69, 9.17) is 20.9 Å². The van der Waals surface area contributed by atoms with Crippen LogP contribution in [-0.4, -0.2) is 15.9 Å². The Bertz CT molecular complexity index is 976. The van der Waals surface area contributed by atoms with Crippen LogP contribution in [0.2, 0.25) is 0 Å². The molecule has 0 unspecified atom stereocenters. The smallest absolute Gasteiger partial charge is 0.420 e. The maximum Gasteiger partial charge on any atom is 0.420 e. The molecular weight excluding hydrogens is 425 g/mol. The van der Waals surface area contributed by atoms with E-state index in [9.17, 15) is 13.2 Å². The molecule has 29 heavy (non-hydrogen) atoms. The molecule has 4 nitrogen and oxygen atoms in total. The number of hydrogen-bond donors (Lipinski definition) is 0. The van der Waals surface area contributed by atoms with Gasteiger partial charge in [-0.3, -0.25) is 0 Å². The van der Waals surface area contributed by atoms with Crippen LogP contribution in [0.25, 0.3) is 11.4 Å². The van der Waals surface area contributed by atoms with Crippen LogP contribution in [0.5, 0.6) is 11.5 Å². The minimum Gasteiger partial charge on any atom is -0.456 e. The summed E-state index contributed by atoms with van der Waals surface area (Å²) in [6.45, 7) is 4.15.